The number of ether oxygens (including phenoxy) is 2. The number of nitrogens with one attached hydrogen (secondary N) is 1. The lowest BCUT2D eigenvalue weighted by molar-refractivity contribution is -0.126. The summed E-state index contributed by atoms with van der Waals surface area (Å²) in [6, 6.07) is 13.9. The zero-order valence-electron chi connectivity index (χ0n) is 19.9. The smallest absolute Gasteiger partial charge is 0.255 e. The Hall–Kier alpha value is -3.16. The second-order valence-corrected chi connectivity index (χ2v) is 9.98. The Balaban J connectivity index is 1.13. The van der Waals surface area contributed by atoms with Crippen molar-refractivity contribution in [2.75, 3.05) is 26.3 Å². The van der Waals surface area contributed by atoms with Gasteiger partial charge in [-0.05, 0) is 48.9 Å². The number of carbonyl (C=O) groups excluding carboxylic acids is 2. The minimum Gasteiger partial charge on any atom is -0.489 e. The Morgan fingerprint density at radius 2 is 1.86 bits per heavy atom. The number of hydrogen-bond acceptors (Lipinski definition) is 5. The topological polar surface area (TPSA) is 71.1 Å². The van der Waals surface area contributed by atoms with Crippen molar-refractivity contribution < 1.29 is 19.1 Å². The van der Waals surface area contributed by atoms with Crippen LogP contribution in [-0.2, 0) is 28.2 Å². The summed E-state index contributed by atoms with van der Waals surface area (Å²) >= 11 is 0. The first-order chi connectivity index (χ1) is 17.0. The van der Waals surface area contributed by atoms with E-state index in [1.807, 2.05) is 18.2 Å². The number of piperidine rings is 1. The second-order valence-electron chi connectivity index (χ2n) is 9.98. The maximum Gasteiger partial charge on any atom is 0.255 e. The predicted octanol–water partition coefficient (Wildman–Crippen LogP) is 3.34. The molecule has 0 aromatic heterocycles. The third kappa shape index (κ3) is 4.02. The van der Waals surface area contributed by atoms with Crippen LogP contribution in [0.3, 0.4) is 0 Å². The molecule has 3 aliphatic heterocycles. The highest BCUT2D eigenvalue weighted by atomic mass is 16.5. The standard InChI is InChI=1S/C28H31N3O4/c1-19-5-10-24(26(32)29-19)31-17-23-22(27(31)33)3-2-4-25(23)35-18-20-6-8-21(9-7-20)28(11-12-28)30-13-15-34-16-14-30/h2-4,6-9,24H,1,5,10-18H2,(H,29,32). The molecule has 7 heteroatoms. The molecule has 35 heavy (non-hydrogen) atoms. The first kappa shape index (κ1) is 22.3. The number of rotatable bonds is 6. The van der Waals surface area contributed by atoms with Gasteiger partial charge in [-0.1, -0.05) is 36.9 Å². The molecular weight excluding hydrogens is 442 g/mol. The Morgan fingerprint density at radius 3 is 2.57 bits per heavy atom. The summed E-state index contributed by atoms with van der Waals surface area (Å²) in [4.78, 5) is 29.8. The molecule has 3 fully saturated rings. The molecule has 2 amide bonds. The van der Waals surface area contributed by atoms with Gasteiger partial charge in [0.25, 0.3) is 5.91 Å². The molecule has 0 bridgehead atoms. The van der Waals surface area contributed by atoms with E-state index in [4.69, 9.17) is 9.47 Å². The van der Waals surface area contributed by atoms with Gasteiger partial charge in [-0.15, -0.1) is 0 Å². The normalized spacial score (nSPS) is 23.7. The van der Waals surface area contributed by atoms with E-state index >= 15 is 0 Å². The van der Waals surface area contributed by atoms with Crippen LogP contribution in [0.5, 0.6) is 5.75 Å². The van der Waals surface area contributed by atoms with Crippen molar-refractivity contribution in [3.63, 3.8) is 0 Å². The third-order valence-corrected chi connectivity index (χ3v) is 7.88. The number of hydrogen-bond donors (Lipinski definition) is 1. The molecule has 1 aliphatic carbocycles. The molecule has 3 heterocycles. The first-order valence-corrected chi connectivity index (χ1v) is 12.5. The Morgan fingerprint density at radius 1 is 1.09 bits per heavy atom. The zero-order chi connectivity index (χ0) is 24.0. The first-order valence-electron chi connectivity index (χ1n) is 12.5. The van der Waals surface area contributed by atoms with E-state index < -0.39 is 6.04 Å². The molecule has 2 aromatic carbocycles. The van der Waals surface area contributed by atoms with Gasteiger partial charge < -0.3 is 19.7 Å². The van der Waals surface area contributed by atoms with Crippen LogP contribution in [0.1, 0.15) is 52.7 Å². The third-order valence-electron chi connectivity index (χ3n) is 7.88. The van der Waals surface area contributed by atoms with Gasteiger partial charge in [0, 0.05) is 35.5 Å². The molecule has 182 valence electrons. The van der Waals surface area contributed by atoms with E-state index in [0.29, 0.717) is 43.0 Å². The summed E-state index contributed by atoms with van der Waals surface area (Å²) in [5.41, 5.74) is 4.84. The van der Waals surface area contributed by atoms with Gasteiger partial charge in [-0.3, -0.25) is 14.5 Å². The van der Waals surface area contributed by atoms with Gasteiger partial charge in [0.05, 0.1) is 19.8 Å². The highest BCUT2D eigenvalue weighted by Gasteiger charge is 2.49. The molecule has 1 unspecified atom stereocenters. The number of carbonyl (C=O) groups is 2. The average molecular weight is 474 g/mol. The van der Waals surface area contributed by atoms with Crippen LogP contribution >= 0.6 is 0 Å². The lowest BCUT2D eigenvalue weighted by Gasteiger charge is -2.35. The molecule has 4 aliphatic rings. The van der Waals surface area contributed by atoms with Gasteiger partial charge in [-0.25, -0.2) is 0 Å². The number of amides is 2. The van der Waals surface area contributed by atoms with Gasteiger partial charge >= 0.3 is 0 Å². The number of nitrogens with zero attached hydrogens (tertiary/aromatic N) is 2. The molecule has 1 N–H and O–H groups in total. The molecular formula is C28H31N3O4. The van der Waals surface area contributed by atoms with E-state index in [1.165, 1.54) is 18.4 Å². The molecule has 2 saturated heterocycles. The van der Waals surface area contributed by atoms with Crippen LogP contribution in [0.2, 0.25) is 0 Å². The number of morpholine rings is 1. The van der Waals surface area contributed by atoms with E-state index in [1.54, 1.807) is 4.90 Å². The molecule has 1 atom stereocenters. The van der Waals surface area contributed by atoms with E-state index in [0.717, 1.165) is 37.4 Å². The van der Waals surface area contributed by atoms with Crippen LogP contribution in [0.4, 0.5) is 0 Å². The van der Waals surface area contributed by atoms with Gasteiger partial charge in [-0.2, -0.15) is 0 Å². The van der Waals surface area contributed by atoms with Crippen LogP contribution in [0.15, 0.2) is 54.7 Å². The Labute approximate surface area is 205 Å². The van der Waals surface area contributed by atoms with Crippen molar-refractivity contribution in [2.24, 2.45) is 0 Å². The van der Waals surface area contributed by atoms with Crippen LogP contribution in [0, 0.1) is 0 Å². The summed E-state index contributed by atoms with van der Waals surface area (Å²) in [6.07, 6.45) is 3.69. The molecule has 6 rings (SSSR count). The van der Waals surface area contributed by atoms with Crippen molar-refractivity contribution in [1.82, 2.24) is 15.1 Å². The maximum atomic E-state index is 13.1. The van der Waals surface area contributed by atoms with Gasteiger partial charge in [0.15, 0.2) is 0 Å². The van der Waals surface area contributed by atoms with Crippen LogP contribution < -0.4 is 10.1 Å². The second kappa shape index (κ2) is 8.81. The van der Waals surface area contributed by atoms with E-state index in [-0.39, 0.29) is 17.4 Å². The quantitative estimate of drug-likeness (QED) is 0.697. The van der Waals surface area contributed by atoms with E-state index in [9.17, 15) is 9.59 Å². The van der Waals surface area contributed by atoms with Crippen LogP contribution in [0.25, 0.3) is 0 Å². The molecule has 0 radical (unpaired) electrons. The average Bonchev–Trinajstić information content (AvgIpc) is 3.63. The molecule has 0 spiro atoms. The summed E-state index contributed by atoms with van der Waals surface area (Å²) in [6.45, 7) is 8.27. The number of benzene rings is 2. The van der Waals surface area contributed by atoms with Gasteiger partial charge in [0.2, 0.25) is 5.91 Å². The maximum absolute atomic E-state index is 13.1. The molecule has 1 saturated carbocycles. The summed E-state index contributed by atoms with van der Waals surface area (Å²) in [7, 11) is 0. The summed E-state index contributed by atoms with van der Waals surface area (Å²) in [5.74, 6) is 0.436. The highest BCUT2D eigenvalue weighted by molar-refractivity contribution is 6.02. The lowest BCUT2D eigenvalue weighted by Crippen LogP contribution is -2.49. The zero-order valence-corrected chi connectivity index (χ0v) is 19.9. The summed E-state index contributed by atoms with van der Waals surface area (Å²) in [5, 5.41) is 2.79. The Bertz CT molecular complexity index is 1170. The minimum atomic E-state index is -0.470. The highest BCUT2D eigenvalue weighted by Crippen LogP contribution is 2.51. The largest absolute Gasteiger partial charge is 0.489 e. The monoisotopic (exact) mass is 473 g/mol. The van der Waals surface area contributed by atoms with Crippen LogP contribution in [-0.4, -0.2) is 54.0 Å². The van der Waals surface area contributed by atoms with Gasteiger partial charge in [0.1, 0.15) is 18.4 Å². The Kier molecular flexibility index (Phi) is 5.61. The minimum absolute atomic E-state index is 0.111. The predicted molar refractivity (Wildman–Crippen MR) is 131 cm³/mol. The van der Waals surface area contributed by atoms with Crippen molar-refractivity contribution in [1.29, 1.82) is 0 Å². The fourth-order valence-corrected chi connectivity index (χ4v) is 5.74. The number of fused-ring (bicyclic) bond motifs is 1. The molecule has 7 nitrogen and oxygen atoms in total. The summed E-state index contributed by atoms with van der Waals surface area (Å²) < 4.78 is 11.7. The molecule has 2 aromatic rings. The number of allylic oxidation sites excluding steroid dienone is 1. The SMILES string of the molecule is C=C1CCC(N2Cc3c(OCc4ccc(C5(N6CCOCC6)CC5)cc4)cccc3C2=O)C(=O)N1. The van der Waals surface area contributed by atoms with Crippen molar-refractivity contribution in [3.8, 4) is 5.75 Å². The lowest BCUT2D eigenvalue weighted by atomic mass is 10.0. The van der Waals surface area contributed by atoms with Crippen molar-refractivity contribution in [3.05, 3.63) is 77.0 Å². The fourth-order valence-electron chi connectivity index (χ4n) is 5.74. The van der Waals surface area contributed by atoms with Crippen molar-refractivity contribution >= 4 is 11.8 Å². The fraction of sp³-hybridized carbons (Fsp3) is 0.429. The van der Waals surface area contributed by atoms with Crippen molar-refractivity contribution in [2.45, 2.75) is 50.4 Å². The van der Waals surface area contributed by atoms with E-state index in [2.05, 4.69) is 41.1 Å².